The summed E-state index contributed by atoms with van der Waals surface area (Å²) in [5.41, 5.74) is 8.05. The third-order valence-electron chi connectivity index (χ3n) is 4.26. The Hall–Kier alpha value is -1.96. The summed E-state index contributed by atoms with van der Waals surface area (Å²) in [6.07, 6.45) is 3.02. The summed E-state index contributed by atoms with van der Waals surface area (Å²) in [6.45, 7) is 8.25. The van der Waals surface area contributed by atoms with Gasteiger partial charge in [-0.15, -0.1) is 0 Å². The molecule has 0 unspecified atom stereocenters. The average molecular weight is 302 g/mol. The number of hydrogen-bond acceptors (Lipinski definition) is 3. The van der Waals surface area contributed by atoms with E-state index < -0.39 is 0 Å². The summed E-state index contributed by atoms with van der Waals surface area (Å²) in [5.74, 6) is 1.06. The maximum Gasteiger partial charge on any atom is 0.242 e. The van der Waals surface area contributed by atoms with Crippen molar-refractivity contribution in [1.82, 2.24) is 9.47 Å². The number of carbonyl (C=O) groups excluding carboxylic acids is 1. The van der Waals surface area contributed by atoms with E-state index in [2.05, 4.69) is 26.8 Å². The van der Waals surface area contributed by atoms with Crippen LogP contribution in [0.1, 0.15) is 45.0 Å². The Balaban J connectivity index is 2.20. The van der Waals surface area contributed by atoms with Crippen LogP contribution in [0.15, 0.2) is 6.07 Å². The summed E-state index contributed by atoms with van der Waals surface area (Å²) >= 11 is 0. The molecule has 5 nitrogen and oxygen atoms in total. The highest BCUT2D eigenvalue weighted by Gasteiger charge is 2.23. The van der Waals surface area contributed by atoms with Crippen molar-refractivity contribution in [2.45, 2.75) is 46.6 Å². The van der Waals surface area contributed by atoms with Gasteiger partial charge in [-0.05, 0) is 37.2 Å². The molecule has 1 amide bonds. The van der Waals surface area contributed by atoms with Crippen LogP contribution < -0.4 is 5.73 Å². The molecule has 22 heavy (non-hydrogen) atoms. The Labute approximate surface area is 132 Å². The van der Waals surface area contributed by atoms with Gasteiger partial charge in [-0.25, -0.2) is 0 Å². The molecular weight excluding hydrogens is 276 g/mol. The Morgan fingerprint density at radius 1 is 1.55 bits per heavy atom. The van der Waals surface area contributed by atoms with Crippen LogP contribution in [-0.2, 0) is 17.8 Å². The number of aromatic nitrogens is 1. The molecule has 1 fully saturated rings. The topological polar surface area (TPSA) is 75.0 Å². The van der Waals surface area contributed by atoms with Crippen molar-refractivity contribution in [1.29, 1.82) is 5.26 Å². The van der Waals surface area contributed by atoms with Gasteiger partial charge in [-0.3, -0.25) is 4.79 Å². The fraction of sp³-hybridized carbons (Fsp3) is 0.647. The lowest BCUT2D eigenvalue weighted by Gasteiger charge is -2.31. The van der Waals surface area contributed by atoms with Crippen LogP contribution in [0.25, 0.3) is 0 Å². The minimum absolute atomic E-state index is 0.0867. The number of likely N-dealkylation sites (tertiary alicyclic amines) is 1. The van der Waals surface area contributed by atoms with E-state index in [9.17, 15) is 10.1 Å². The van der Waals surface area contributed by atoms with Gasteiger partial charge in [0.2, 0.25) is 5.91 Å². The SMILES string of the molecule is CC(C)Cc1c(N)cc(C#N)n1CC(=O)N1CCC[C@H](C)C1. The van der Waals surface area contributed by atoms with Gasteiger partial charge in [0.1, 0.15) is 18.3 Å². The summed E-state index contributed by atoms with van der Waals surface area (Å²) < 4.78 is 1.80. The molecule has 0 aliphatic carbocycles. The van der Waals surface area contributed by atoms with E-state index >= 15 is 0 Å². The first-order chi connectivity index (χ1) is 10.4. The first-order valence-corrected chi connectivity index (χ1v) is 8.08. The van der Waals surface area contributed by atoms with Crippen molar-refractivity contribution in [3.8, 4) is 6.07 Å². The Morgan fingerprint density at radius 2 is 2.27 bits per heavy atom. The molecule has 1 aliphatic rings. The zero-order valence-corrected chi connectivity index (χ0v) is 13.8. The monoisotopic (exact) mass is 302 g/mol. The van der Waals surface area contributed by atoms with Crippen LogP contribution in [0.4, 0.5) is 5.69 Å². The van der Waals surface area contributed by atoms with Crippen LogP contribution in [0.5, 0.6) is 0 Å². The predicted molar refractivity (Wildman–Crippen MR) is 87.1 cm³/mol. The molecule has 0 radical (unpaired) electrons. The molecule has 5 heteroatoms. The van der Waals surface area contributed by atoms with Crippen LogP contribution in [0, 0.1) is 23.2 Å². The zero-order valence-electron chi connectivity index (χ0n) is 13.8. The van der Waals surface area contributed by atoms with Gasteiger partial charge in [-0.1, -0.05) is 20.8 Å². The van der Waals surface area contributed by atoms with E-state index in [4.69, 9.17) is 5.73 Å². The number of rotatable bonds is 4. The Kier molecular flexibility index (Phi) is 5.12. The number of piperidine rings is 1. The van der Waals surface area contributed by atoms with Gasteiger partial charge in [-0.2, -0.15) is 5.26 Å². The van der Waals surface area contributed by atoms with E-state index in [1.165, 1.54) is 6.42 Å². The van der Waals surface area contributed by atoms with Crippen molar-refractivity contribution < 1.29 is 4.79 Å². The van der Waals surface area contributed by atoms with Crippen molar-refractivity contribution in [2.24, 2.45) is 11.8 Å². The molecule has 1 saturated heterocycles. The first-order valence-electron chi connectivity index (χ1n) is 8.08. The molecule has 0 saturated carbocycles. The zero-order chi connectivity index (χ0) is 16.3. The lowest BCUT2D eigenvalue weighted by Crippen LogP contribution is -2.41. The lowest BCUT2D eigenvalue weighted by molar-refractivity contribution is -0.133. The third-order valence-corrected chi connectivity index (χ3v) is 4.26. The molecule has 1 aromatic rings. The lowest BCUT2D eigenvalue weighted by atomic mass is 10.0. The number of carbonyl (C=O) groups is 1. The molecule has 2 N–H and O–H groups in total. The van der Waals surface area contributed by atoms with Crippen molar-refractivity contribution in [3.05, 3.63) is 17.5 Å². The fourth-order valence-electron chi connectivity index (χ4n) is 3.15. The van der Waals surface area contributed by atoms with E-state index in [1.807, 2.05) is 4.90 Å². The van der Waals surface area contributed by atoms with Gasteiger partial charge >= 0.3 is 0 Å². The molecular formula is C17H26N4O. The summed E-state index contributed by atoms with van der Waals surface area (Å²) in [5, 5.41) is 9.30. The van der Waals surface area contributed by atoms with Crippen molar-refractivity contribution >= 4 is 11.6 Å². The van der Waals surface area contributed by atoms with Crippen LogP contribution in [0.2, 0.25) is 0 Å². The number of nitrogens with two attached hydrogens (primary N) is 1. The number of nitrogen functional groups attached to an aromatic ring is 1. The van der Waals surface area contributed by atoms with Gasteiger partial charge in [0.15, 0.2) is 0 Å². The highest BCUT2D eigenvalue weighted by Crippen LogP contribution is 2.23. The number of nitriles is 1. The summed E-state index contributed by atoms with van der Waals surface area (Å²) in [7, 11) is 0. The van der Waals surface area contributed by atoms with Crippen LogP contribution in [0.3, 0.4) is 0 Å². The van der Waals surface area contributed by atoms with Crippen LogP contribution >= 0.6 is 0 Å². The maximum absolute atomic E-state index is 12.6. The number of anilines is 1. The van der Waals surface area contributed by atoms with E-state index in [0.717, 1.165) is 31.6 Å². The van der Waals surface area contributed by atoms with Crippen LogP contribution in [-0.4, -0.2) is 28.5 Å². The van der Waals surface area contributed by atoms with Gasteiger partial charge in [0.05, 0.1) is 5.69 Å². The van der Waals surface area contributed by atoms with Gasteiger partial charge in [0.25, 0.3) is 0 Å². The van der Waals surface area contributed by atoms with E-state index in [0.29, 0.717) is 23.2 Å². The molecule has 1 aliphatic heterocycles. The number of hydrogen-bond donors (Lipinski definition) is 1. The molecule has 1 aromatic heterocycles. The smallest absolute Gasteiger partial charge is 0.242 e. The van der Waals surface area contributed by atoms with E-state index in [1.54, 1.807) is 10.6 Å². The second-order valence-electron chi connectivity index (χ2n) is 6.81. The second kappa shape index (κ2) is 6.87. The standard InChI is InChI=1S/C17H26N4O/c1-12(2)7-16-15(19)8-14(9-18)21(16)11-17(22)20-6-4-5-13(3)10-20/h8,12-13H,4-7,10-11,19H2,1-3H3/t13-/m0/s1. The molecule has 120 valence electrons. The summed E-state index contributed by atoms with van der Waals surface area (Å²) in [4.78, 5) is 14.5. The third kappa shape index (κ3) is 3.62. The molecule has 1 atom stereocenters. The Bertz CT molecular complexity index is 582. The second-order valence-corrected chi connectivity index (χ2v) is 6.81. The predicted octanol–water partition coefficient (Wildman–Crippen LogP) is 2.40. The number of amides is 1. The van der Waals surface area contributed by atoms with E-state index in [-0.39, 0.29) is 12.5 Å². The van der Waals surface area contributed by atoms with Gasteiger partial charge < -0.3 is 15.2 Å². The molecule has 2 heterocycles. The fourth-order valence-corrected chi connectivity index (χ4v) is 3.15. The largest absolute Gasteiger partial charge is 0.397 e. The minimum Gasteiger partial charge on any atom is -0.397 e. The highest BCUT2D eigenvalue weighted by atomic mass is 16.2. The average Bonchev–Trinajstić information content (AvgIpc) is 2.75. The first kappa shape index (κ1) is 16.4. The number of nitrogens with zero attached hydrogens (tertiary/aromatic N) is 3. The molecule has 0 aromatic carbocycles. The highest BCUT2D eigenvalue weighted by molar-refractivity contribution is 5.77. The molecule has 2 rings (SSSR count). The quantitative estimate of drug-likeness (QED) is 0.928. The van der Waals surface area contributed by atoms with Crippen molar-refractivity contribution in [2.75, 3.05) is 18.8 Å². The molecule has 0 spiro atoms. The minimum atomic E-state index is 0.0867. The normalized spacial score (nSPS) is 18.5. The van der Waals surface area contributed by atoms with Crippen molar-refractivity contribution in [3.63, 3.8) is 0 Å². The molecule has 0 bridgehead atoms. The summed E-state index contributed by atoms with van der Waals surface area (Å²) in [6, 6.07) is 3.84. The maximum atomic E-state index is 12.6. The Morgan fingerprint density at radius 3 is 2.86 bits per heavy atom. The van der Waals surface area contributed by atoms with Gasteiger partial charge in [0, 0.05) is 18.8 Å².